The van der Waals surface area contributed by atoms with E-state index in [1.165, 1.54) is 12.1 Å². The number of carboxylic acid groups (broad SMARTS) is 1. The highest BCUT2D eigenvalue weighted by atomic mass is 19.1. The predicted molar refractivity (Wildman–Crippen MR) is 131 cm³/mol. The summed E-state index contributed by atoms with van der Waals surface area (Å²) in [6.45, 7) is 7.69. The van der Waals surface area contributed by atoms with Gasteiger partial charge in [0.2, 0.25) is 0 Å². The van der Waals surface area contributed by atoms with Gasteiger partial charge in [0, 0.05) is 23.7 Å². The topological polar surface area (TPSA) is 86.5 Å². The van der Waals surface area contributed by atoms with Gasteiger partial charge in [-0.15, -0.1) is 0 Å². The fraction of sp³-hybridized carbons (Fsp3) is 0.370. The van der Waals surface area contributed by atoms with Crippen molar-refractivity contribution >= 4 is 12.0 Å². The fourth-order valence-electron chi connectivity index (χ4n) is 4.36. The van der Waals surface area contributed by atoms with Crippen LogP contribution in [0.4, 0.5) is 4.39 Å². The molecule has 4 rings (SSSR count). The van der Waals surface area contributed by atoms with E-state index >= 15 is 0 Å². The van der Waals surface area contributed by atoms with Crippen LogP contribution in [0.1, 0.15) is 57.7 Å². The van der Waals surface area contributed by atoms with Crippen LogP contribution in [0, 0.1) is 5.82 Å². The molecule has 0 spiro atoms. The molecular formula is C27H30FN3O4. The standard InChI is InChI=1S/C27H30FN3O4/c1-17(2)25-22(13-12-20-15-21(16-24(32)33)35-27(3,4)34-20)26(18-8-10-19(28)11-9-18)31(30-25)23-7-5-6-14-29-23/h5-14,17,20-21H,15-16H2,1-4H3,(H,32,33). The van der Waals surface area contributed by atoms with Crippen molar-refractivity contribution in [3.05, 3.63) is 71.8 Å². The SMILES string of the molecule is CC(C)c1nn(-c2ccccn2)c(-c2ccc(F)cc2)c1C=CC1CC(CC(=O)O)OC(C)(C)O1. The van der Waals surface area contributed by atoms with Crippen LogP contribution in [0.25, 0.3) is 23.2 Å². The van der Waals surface area contributed by atoms with Crippen LogP contribution in [0.2, 0.25) is 0 Å². The molecule has 1 aromatic carbocycles. The first kappa shape index (κ1) is 24.8. The van der Waals surface area contributed by atoms with Crippen molar-refractivity contribution in [1.29, 1.82) is 0 Å². The van der Waals surface area contributed by atoms with Gasteiger partial charge in [0.05, 0.1) is 30.0 Å². The van der Waals surface area contributed by atoms with Gasteiger partial charge in [-0.05, 0) is 56.2 Å². The lowest BCUT2D eigenvalue weighted by molar-refractivity contribution is -0.290. The average molecular weight is 480 g/mol. The molecule has 2 aromatic heterocycles. The third kappa shape index (κ3) is 5.83. The Balaban J connectivity index is 1.80. The third-order valence-electron chi connectivity index (χ3n) is 5.74. The van der Waals surface area contributed by atoms with Crippen molar-refractivity contribution in [2.24, 2.45) is 0 Å². The van der Waals surface area contributed by atoms with Crippen molar-refractivity contribution in [3.63, 3.8) is 0 Å². The highest BCUT2D eigenvalue weighted by Gasteiger charge is 2.35. The molecule has 1 saturated heterocycles. The van der Waals surface area contributed by atoms with Gasteiger partial charge in [-0.2, -0.15) is 5.10 Å². The van der Waals surface area contributed by atoms with Gasteiger partial charge in [-0.3, -0.25) is 4.79 Å². The summed E-state index contributed by atoms with van der Waals surface area (Å²) in [7, 11) is 0. The van der Waals surface area contributed by atoms with E-state index in [4.69, 9.17) is 14.6 Å². The Morgan fingerprint density at radius 3 is 2.60 bits per heavy atom. The summed E-state index contributed by atoms with van der Waals surface area (Å²) in [6.07, 6.45) is 5.13. The van der Waals surface area contributed by atoms with E-state index in [1.54, 1.807) is 36.9 Å². The average Bonchev–Trinajstić information content (AvgIpc) is 3.17. The number of benzene rings is 1. The molecule has 1 aliphatic rings. The van der Waals surface area contributed by atoms with Gasteiger partial charge in [-0.25, -0.2) is 14.1 Å². The number of aliphatic carboxylic acids is 1. The molecule has 0 aliphatic carbocycles. The zero-order valence-corrected chi connectivity index (χ0v) is 20.3. The Kier molecular flexibility index (Phi) is 7.14. The third-order valence-corrected chi connectivity index (χ3v) is 5.74. The molecule has 3 heterocycles. The van der Waals surface area contributed by atoms with Gasteiger partial charge in [0.15, 0.2) is 11.6 Å². The van der Waals surface area contributed by atoms with E-state index in [0.29, 0.717) is 12.2 Å². The molecule has 3 aromatic rings. The van der Waals surface area contributed by atoms with E-state index in [-0.39, 0.29) is 24.3 Å². The Morgan fingerprint density at radius 1 is 1.23 bits per heavy atom. The van der Waals surface area contributed by atoms with Gasteiger partial charge in [0.1, 0.15) is 5.82 Å². The molecule has 1 aliphatic heterocycles. The molecule has 0 saturated carbocycles. The Morgan fingerprint density at radius 2 is 1.97 bits per heavy atom. The molecule has 184 valence electrons. The Bertz CT molecular complexity index is 1200. The van der Waals surface area contributed by atoms with Crippen molar-refractivity contribution in [2.45, 2.75) is 64.4 Å². The number of nitrogens with zero attached hydrogens (tertiary/aromatic N) is 3. The molecule has 0 bridgehead atoms. The normalized spacial score (nSPS) is 19.9. The smallest absolute Gasteiger partial charge is 0.305 e. The highest BCUT2D eigenvalue weighted by Crippen LogP contribution is 2.35. The van der Waals surface area contributed by atoms with Crippen molar-refractivity contribution in [2.75, 3.05) is 0 Å². The molecule has 35 heavy (non-hydrogen) atoms. The largest absolute Gasteiger partial charge is 0.481 e. The molecular weight excluding hydrogens is 449 g/mol. The van der Waals surface area contributed by atoms with E-state index in [2.05, 4.69) is 18.8 Å². The van der Waals surface area contributed by atoms with Crippen LogP contribution in [-0.4, -0.2) is 43.8 Å². The lowest BCUT2D eigenvalue weighted by Gasteiger charge is -2.39. The minimum absolute atomic E-state index is 0.0905. The van der Waals surface area contributed by atoms with Gasteiger partial charge < -0.3 is 14.6 Å². The number of carbonyl (C=O) groups is 1. The summed E-state index contributed by atoms with van der Waals surface area (Å²) in [6, 6.07) is 11.9. The first-order valence-electron chi connectivity index (χ1n) is 11.7. The van der Waals surface area contributed by atoms with Crippen molar-refractivity contribution < 1.29 is 23.8 Å². The number of pyridine rings is 1. The molecule has 1 fully saturated rings. The van der Waals surface area contributed by atoms with E-state index in [1.807, 2.05) is 30.4 Å². The van der Waals surface area contributed by atoms with Crippen LogP contribution in [-0.2, 0) is 14.3 Å². The second kappa shape index (κ2) is 10.1. The maximum absolute atomic E-state index is 13.7. The van der Waals surface area contributed by atoms with Crippen LogP contribution in [0.3, 0.4) is 0 Å². The number of hydrogen-bond donors (Lipinski definition) is 1. The Labute approximate surface area is 204 Å². The highest BCUT2D eigenvalue weighted by molar-refractivity contribution is 5.76. The number of aromatic nitrogens is 3. The van der Waals surface area contributed by atoms with Crippen LogP contribution < -0.4 is 0 Å². The maximum Gasteiger partial charge on any atom is 0.305 e. The van der Waals surface area contributed by atoms with Crippen molar-refractivity contribution in [3.8, 4) is 17.1 Å². The van der Waals surface area contributed by atoms with Crippen LogP contribution in [0.15, 0.2) is 54.7 Å². The van der Waals surface area contributed by atoms with Gasteiger partial charge in [0.25, 0.3) is 0 Å². The quantitative estimate of drug-likeness (QED) is 0.475. The summed E-state index contributed by atoms with van der Waals surface area (Å²) >= 11 is 0. The molecule has 0 radical (unpaired) electrons. The second-order valence-electron chi connectivity index (χ2n) is 9.40. The molecule has 0 amide bonds. The lowest BCUT2D eigenvalue weighted by Crippen LogP contribution is -2.44. The number of carboxylic acids is 1. The van der Waals surface area contributed by atoms with E-state index in [9.17, 15) is 14.3 Å². The Hall–Kier alpha value is -3.36. The fourth-order valence-corrected chi connectivity index (χ4v) is 4.36. The first-order valence-corrected chi connectivity index (χ1v) is 11.7. The lowest BCUT2D eigenvalue weighted by atomic mass is 9.98. The number of rotatable bonds is 7. The molecule has 7 nitrogen and oxygen atoms in total. The van der Waals surface area contributed by atoms with E-state index in [0.717, 1.165) is 22.5 Å². The maximum atomic E-state index is 13.7. The number of hydrogen-bond acceptors (Lipinski definition) is 5. The zero-order chi connectivity index (χ0) is 25.2. The number of halogens is 1. The van der Waals surface area contributed by atoms with Crippen molar-refractivity contribution in [1.82, 2.24) is 14.8 Å². The first-order chi connectivity index (χ1) is 16.6. The second-order valence-corrected chi connectivity index (χ2v) is 9.40. The molecule has 8 heteroatoms. The van der Waals surface area contributed by atoms with Crippen LogP contribution >= 0.6 is 0 Å². The van der Waals surface area contributed by atoms with Gasteiger partial charge >= 0.3 is 5.97 Å². The predicted octanol–water partition coefficient (Wildman–Crippen LogP) is 5.59. The summed E-state index contributed by atoms with van der Waals surface area (Å²) in [5.74, 6) is -1.38. The minimum atomic E-state index is -0.911. The monoisotopic (exact) mass is 479 g/mol. The molecule has 2 atom stereocenters. The molecule has 1 N–H and O–H groups in total. The summed E-state index contributed by atoms with van der Waals surface area (Å²) < 4.78 is 27.4. The van der Waals surface area contributed by atoms with Crippen LogP contribution in [0.5, 0.6) is 0 Å². The summed E-state index contributed by atoms with van der Waals surface area (Å²) in [5, 5.41) is 14.1. The zero-order valence-electron chi connectivity index (χ0n) is 20.3. The minimum Gasteiger partial charge on any atom is -0.481 e. The summed E-state index contributed by atoms with van der Waals surface area (Å²) in [4.78, 5) is 15.7. The number of ether oxygens (including phenoxy) is 2. The van der Waals surface area contributed by atoms with Gasteiger partial charge in [-0.1, -0.05) is 32.1 Å². The van der Waals surface area contributed by atoms with E-state index < -0.39 is 17.9 Å². The summed E-state index contributed by atoms with van der Waals surface area (Å²) in [5.41, 5.74) is 3.32. The molecule has 2 unspecified atom stereocenters.